The number of benzene rings is 2. The molecule has 4 rings (SSSR count). The van der Waals surface area contributed by atoms with Gasteiger partial charge in [-0.15, -0.1) is 0 Å². The monoisotopic (exact) mass is 465 g/mol. The highest BCUT2D eigenvalue weighted by Crippen LogP contribution is 2.23. The molecule has 1 aliphatic rings. The van der Waals surface area contributed by atoms with E-state index in [2.05, 4.69) is 37.6 Å². The van der Waals surface area contributed by atoms with E-state index in [9.17, 15) is 18.4 Å². The van der Waals surface area contributed by atoms with Crippen LogP contribution in [0.3, 0.4) is 0 Å². The maximum Gasteiger partial charge on any atom is 0.313 e. The fourth-order valence-electron chi connectivity index (χ4n) is 4.00. The molecule has 0 bridgehead atoms. The normalized spacial score (nSPS) is 14.9. The number of aromatic nitrogens is 1. The summed E-state index contributed by atoms with van der Waals surface area (Å²) < 4.78 is 27.1. The quantitative estimate of drug-likeness (QED) is 0.548. The molecule has 1 fully saturated rings. The van der Waals surface area contributed by atoms with Crippen molar-refractivity contribution in [1.29, 1.82) is 0 Å². The van der Waals surface area contributed by atoms with Crippen LogP contribution in [0.1, 0.15) is 11.6 Å². The Morgan fingerprint density at radius 2 is 1.71 bits per heavy atom. The largest absolute Gasteiger partial charge is 0.369 e. The lowest BCUT2D eigenvalue weighted by molar-refractivity contribution is -0.136. The number of carbonyl (C=O) groups excluding carboxylic acids is 2. The van der Waals surface area contributed by atoms with Gasteiger partial charge in [0.25, 0.3) is 0 Å². The maximum absolute atomic E-state index is 13.8. The third kappa shape index (κ3) is 5.74. The number of para-hydroxylation sites is 1. The van der Waals surface area contributed by atoms with Crippen molar-refractivity contribution in [2.45, 2.75) is 6.04 Å². The van der Waals surface area contributed by atoms with Gasteiger partial charge < -0.3 is 15.5 Å². The van der Waals surface area contributed by atoms with Crippen LogP contribution >= 0.6 is 0 Å². The lowest BCUT2D eigenvalue weighted by Crippen LogP contribution is -2.50. The minimum Gasteiger partial charge on any atom is -0.369 e. The van der Waals surface area contributed by atoms with Crippen molar-refractivity contribution in [1.82, 2.24) is 15.2 Å². The molecule has 2 heterocycles. The van der Waals surface area contributed by atoms with Crippen LogP contribution in [-0.4, -0.2) is 54.4 Å². The van der Waals surface area contributed by atoms with E-state index < -0.39 is 23.4 Å². The van der Waals surface area contributed by atoms with Gasteiger partial charge in [0.1, 0.15) is 11.6 Å². The summed E-state index contributed by atoms with van der Waals surface area (Å²) in [4.78, 5) is 33.4. The van der Waals surface area contributed by atoms with Gasteiger partial charge in [0.15, 0.2) is 0 Å². The van der Waals surface area contributed by atoms with Crippen molar-refractivity contribution in [3.63, 3.8) is 0 Å². The molecular formula is C25H25F2N5O2. The van der Waals surface area contributed by atoms with Gasteiger partial charge >= 0.3 is 11.8 Å². The molecule has 0 radical (unpaired) electrons. The summed E-state index contributed by atoms with van der Waals surface area (Å²) in [6.45, 7) is 3.30. The average Bonchev–Trinajstić information content (AvgIpc) is 2.88. The Morgan fingerprint density at radius 1 is 0.941 bits per heavy atom. The maximum atomic E-state index is 13.8. The molecule has 9 heteroatoms. The zero-order chi connectivity index (χ0) is 23.9. The van der Waals surface area contributed by atoms with Gasteiger partial charge in [0.05, 0.1) is 11.7 Å². The van der Waals surface area contributed by atoms with Crippen molar-refractivity contribution in [3.05, 3.63) is 90.3 Å². The molecule has 1 saturated heterocycles. The van der Waals surface area contributed by atoms with Crippen molar-refractivity contribution in [3.8, 4) is 0 Å². The van der Waals surface area contributed by atoms with Crippen LogP contribution in [0.2, 0.25) is 0 Å². The van der Waals surface area contributed by atoms with Crippen LogP contribution < -0.4 is 15.5 Å². The van der Waals surface area contributed by atoms with Gasteiger partial charge in [-0.1, -0.05) is 24.3 Å². The molecule has 7 nitrogen and oxygen atoms in total. The SMILES string of the molecule is O=C(NC[C@@H](c1cccnc1)N1CCN(c2ccccc2)CC1)C(=O)Nc1cc(F)ccc1F. The lowest BCUT2D eigenvalue weighted by Gasteiger charge is -2.40. The van der Waals surface area contributed by atoms with E-state index in [0.29, 0.717) is 0 Å². The summed E-state index contributed by atoms with van der Waals surface area (Å²) in [5, 5.41) is 4.74. The standard InChI is InChI=1S/C25H25F2N5O2/c26-19-8-9-21(27)22(15-19)30-25(34)24(33)29-17-23(18-5-4-10-28-16-18)32-13-11-31(12-14-32)20-6-2-1-3-7-20/h1-10,15-16,23H,11-14,17H2,(H,29,33)(H,30,34)/t23-/m0/s1. The highest BCUT2D eigenvalue weighted by atomic mass is 19.1. The topological polar surface area (TPSA) is 77.6 Å². The van der Waals surface area contributed by atoms with Gasteiger partial charge in [-0.3, -0.25) is 19.5 Å². The van der Waals surface area contributed by atoms with E-state index in [0.717, 1.165) is 55.6 Å². The second-order valence-corrected chi connectivity index (χ2v) is 7.95. The number of nitrogens with zero attached hydrogens (tertiary/aromatic N) is 3. The molecule has 2 amide bonds. The number of halogens is 2. The first kappa shape index (κ1) is 23.3. The first-order chi connectivity index (χ1) is 16.5. The Hall–Kier alpha value is -3.85. The van der Waals surface area contributed by atoms with E-state index in [1.54, 1.807) is 12.4 Å². The molecule has 1 aliphatic heterocycles. The van der Waals surface area contributed by atoms with Gasteiger partial charge in [0, 0.05) is 56.9 Å². The molecule has 0 unspecified atom stereocenters. The van der Waals surface area contributed by atoms with Crippen LogP contribution in [0.25, 0.3) is 0 Å². The number of anilines is 2. The zero-order valence-corrected chi connectivity index (χ0v) is 18.5. The highest BCUT2D eigenvalue weighted by Gasteiger charge is 2.27. The van der Waals surface area contributed by atoms with Crippen molar-refractivity contribution < 1.29 is 18.4 Å². The highest BCUT2D eigenvalue weighted by molar-refractivity contribution is 6.39. The number of amides is 2. The Kier molecular flexibility index (Phi) is 7.44. The first-order valence-corrected chi connectivity index (χ1v) is 11.0. The second kappa shape index (κ2) is 10.8. The summed E-state index contributed by atoms with van der Waals surface area (Å²) in [6.07, 6.45) is 3.41. The molecule has 0 spiro atoms. The smallest absolute Gasteiger partial charge is 0.313 e. The van der Waals surface area contributed by atoms with Gasteiger partial charge in [0.2, 0.25) is 0 Å². The van der Waals surface area contributed by atoms with Crippen LogP contribution in [0.5, 0.6) is 0 Å². The van der Waals surface area contributed by atoms with Crippen LogP contribution in [-0.2, 0) is 9.59 Å². The number of carbonyl (C=O) groups is 2. The predicted octanol–water partition coefficient (Wildman–Crippen LogP) is 2.98. The van der Waals surface area contributed by atoms with Crippen LogP contribution in [0.15, 0.2) is 73.1 Å². The number of hydrogen-bond donors (Lipinski definition) is 2. The summed E-state index contributed by atoms with van der Waals surface area (Å²) >= 11 is 0. The first-order valence-electron chi connectivity index (χ1n) is 11.0. The molecule has 2 aromatic carbocycles. The van der Waals surface area contributed by atoms with Crippen LogP contribution in [0, 0.1) is 11.6 Å². The fraction of sp³-hybridized carbons (Fsp3) is 0.240. The number of hydrogen-bond acceptors (Lipinski definition) is 5. The zero-order valence-electron chi connectivity index (χ0n) is 18.5. The van der Waals surface area contributed by atoms with Crippen molar-refractivity contribution >= 4 is 23.2 Å². The van der Waals surface area contributed by atoms with E-state index >= 15 is 0 Å². The Balaban J connectivity index is 1.39. The summed E-state index contributed by atoms with van der Waals surface area (Å²) in [6, 6.07) is 16.4. The lowest BCUT2D eigenvalue weighted by atomic mass is 10.1. The van der Waals surface area contributed by atoms with Crippen molar-refractivity contribution in [2.24, 2.45) is 0 Å². The van der Waals surface area contributed by atoms with E-state index in [4.69, 9.17) is 0 Å². The molecule has 2 N–H and O–H groups in total. The molecular weight excluding hydrogens is 440 g/mol. The Bertz CT molecular complexity index is 1120. The predicted molar refractivity (Wildman–Crippen MR) is 125 cm³/mol. The fourth-order valence-corrected chi connectivity index (χ4v) is 4.00. The molecule has 3 aromatic rings. The van der Waals surface area contributed by atoms with Crippen molar-refractivity contribution in [2.75, 3.05) is 42.9 Å². The van der Waals surface area contributed by atoms with Gasteiger partial charge in [-0.25, -0.2) is 8.78 Å². The molecule has 0 saturated carbocycles. The third-order valence-corrected chi connectivity index (χ3v) is 5.78. The summed E-state index contributed by atoms with van der Waals surface area (Å²) in [5.74, 6) is -3.54. The third-order valence-electron chi connectivity index (χ3n) is 5.78. The summed E-state index contributed by atoms with van der Waals surface area (Å²) in [5.41, 5.74) is 1.68. The minimum atomic E-state index is -1.07. The second-order valence-electron chi connectivity index (χ2n) is 7.95. The molecule has 34 heavy (non-hydrogen) atoms. The van der Waals surface area contributed by atoms with E-state index in [1.165, 1.54) is 0 Å². The Morgan fingerprint density at radius 3 is 2.41 bits per heavy atom. The molecule has 1 atom stereocenters. The summed E-state index contributed by atoms with van der Waals surface area (Å²) in [7, 11) is 0. The van der Waals surface area contributed by atoms with E-state index in [-0.39, 0.29) is 18.3 Å². The number of rotatable bonds is 6. The number of nitrogens with one attached hydrogen (secondary N) is 2. The number of pyridine rings is 1. The minimum absolute atomic E-state index is 0.162. The molecule has 0 aliphatic carbocycles. The molecule has 176 valence electrons. The van der Waals surface area contributed by atoms with Gasteiger partial charge in [-0.2, -0.15) is 0 Å². The Labute approximate surface area is 196 Å². The number of piperazine rings is 1. The molecule has 1 aromatic heterocycles. The van der Waals surface area contributed by atoms with E-state index in [1.807, 2.05) is 30.3 Å². The van der Waals surface area contributed by atoms with Gasteiger partial charge in [-0.05, 0) is 35.9 Å². The van der Waals surface area contributed by atoms with Crippen LogP contribution in [0.4, 0.5) is 20.2 Å². The average molecular weight is 466 g/mol.